The maximum absolute atomic E-state index is 12.2. The monoisotopic (exact) mass is 260 g/mol. The number of nitrogens with one attached hydrogen (secondary N) is 1. The Kier molecular flexibility index (Phi) is 3.19. The maximum Gasteiger partial charge on any atom is 0.322 e. The standard InChI is InChI=1S/C15H20N2O2/c18-10-12-4-6-13(7-5-12)17-11-15(16-14(17)19)8-2-1-3-9-15/h4-7,18H,1-3,8-11H2,(H,16,19). The zero-order valence-electron chi connectivity index (χ0n) is 11.1. The topological polar surface area (TPSA) is 52.6 Å². The Hall–Kier alpha value is -1.55. The minimum Gasteiger partial charge on any atom is -0.392 e. The fourth-order valence-electron chi connectivity index (χ4n) is 3.21. The second kappa shape index (κ2) is 4.85. The lowest BCUT2D eigenvalue weighted by molar-refractivity contribution is 0.237. The lowest BCUT2D eigenvalue weighted by Crippen LogP contribution is -2.44. The molecule has 2 amide bonds. The number of aliphatic hydroxyl groups is 1. The fourth-order valence-corrected chi connectivity index (χ4v) is 3.21. The van der Waals surface area contributed by atoms with Gasteiger partial charge in [-0.15, -0.1) is 0 Å². The number of rotatable bonds is 2. The van der Waals surface area contributed by atoms with Crippen LogP contribution in [0.5, 0.6) is 0 Å². The lowest BCUT2D eigenvalue weighted by atomic mass is 9.82. The molecule has 1 aliphatic heterocycles. The lowest BCUT2D eigenvalue weighted by Gasteiger charge is -2.32. The third kappa shape index (κ3) is 2.32. The van der Waals surface area contributed by atoms with Crippen molar-refractivity contribution >= 4 is 11.7 Å². The van der Waals surface area contributed by atoms with E-state index >= 15 is 0 Å². The average molecular weight is 260 g/mol. The Morgan fingerprint density at radius 3 is 2.47 bits per heavy atom. The Balaban J connectivity index is 1.79. The molecule has 2 N–H and O–H groups in total. The molecule has 0 radical (unpaired) electrons. The van der Waals surface area contributed by atoms with E-state index < -0.39 is 0 Å². The number of amides is 2. The molecular weight excluding hydrogens is 240 g/mol. The molecule has 0 bridgehead atoms. The molecule has 4 nitrogen and oxygen atoms in total. The van der Waals surface area contributed by atoms with Gasteiger partial charge in [0.2, 0.25) is 0 Å². The number of carbonyl (C=O) groups excluding carboxylic acids is 1. The summed E-state index contributed by atoms with van der Waals surface area (Å²) in [6.45, 7) is 0.806. The number of nitrogens with zero attached hydrogens (tertiary/aromatic N) is 1. The van der Waals surface area contributed by atoms with Gasteiger partial charge in [0.25, 0.3) is 0 Å². The smallest absolute Gasteiger partial charge is 0.322 e. The van der Waals surface area contributed by atoms with Crippen LogP contribution in [0.15, 0.2) is 24.3 Å². The van der Waals surface area contributed by atoms with Crippen LogP contribution in [0.1, 0.15) is 37.7 Å². The van der Waals surface area contributed by atoms with Gasteiger partial charge in [-0.2, -0.15) is 0 Å². The van der Waals surface area contributed by atoms with Gasteiger partial charge in [0, 0.05) is 5.69 Å². The molecule has 1 aliphatic carbocycles. The van der Waals surface area contributed by atoms with Gasteiger partial charge in [-0.3, -0.25) is 4.90 Å². The first-order valence-electron chi connectivity index (χ1n) is 7.02. The van der Waals surface area contributed by atoms with Crippen LogP contribution in [0.4, 0.5) is 10.5 Å². The molecule has 0 unspecified atom stereocenters. The van der Waals surface area contributed by atoms with E-state index in [2.05, 4.69) is 5.32 Å². The van der Waals surface area contributed by atoms with Gasteiger partial charge < -0.3 is 10.4 Å². The van der Waals surface area contributed by atoms with Gasteiger partial charge in [0.05, 0.1) is 18.7 Å². The zero-order chi connectivity index (χ0) is 13.3. The Bertz CT molecular complexity index is 464. The highest BCUT2D eigenvalue weighted by Crippen LogP contribution is 2.34. The van der Waals surface area contributed by atoms with Gasteiger partial charge >= 0.3 is 6.03 Å². The number of benzene rings is 1. The average Bonchev–Trinajstić information content (AvgIpc) is 2.76. The summed E-state index contributed by atoms with van der Waals surface area (Å²) < 4.78 is 0. The Morgan fingerprint density at radius 2 is 1.84 bits per heavy atom. The first-order valence-corrected chi connectivity index (χ1v) is 7.02. The van der Waals surface area contributed by atoms with Crippen LogP contribution in [0.3, 0.4) is 0 Å². The van der Waals surface area contributed by atoms with Crippen molar-refractivity contribution in [3.8, 4) is 0 Å². The van der Waals surface area contributed by atoms with E-state index in [1.54, 1.807) is 0 Å². The zero-order valence-corrected chi connectivity index (χ0v) is 11.1. The molecule has 2 fully saturated rings. The summed E-state index contributed by atoms with van der Waals surface area (Å²) in [6, 6.07) is 7.57. The van der Waals surface area contributed by atoms with Gasteiger partial charge in [-0.1, -0.05) is 31.4 Å². The maximum atomic E-state index is 12.2. The summed E-state index contributed by atoms with van der Waals surface area (Å²) in [5.41, 5.74) is 1.78. The van der Waals surface area contributed by atoms with Gasteiger partial charge in [0.1, 0.15) is 0 Å². The van der Waals surface area contributed by atoms with Crippen molar-refractivity contribution in [2.24, 2.45) is 0 Å². The predicted molar refractivity (Wildman–Crippen MR) is 74.1 cm³/mol. The van der Waals surface area contributed by atoms with Crippen LogP contribution < -0.4 is 10.2 Å². The quantitative estimate of drug-likeness (QED) is 0.858. The fraction of sp³-hybridized carbons (Fsp3) is 0.533. The predicted octanol–water partition coefficient (Wildman–Crippen LogP) is 2.41. The first-order chi connectivity index (χ1) is 9.22. The minimum atomic E-state index is -0.00895. The molecule has 102 valence electrons. The molecule has 1 saturated carbocycles. The van der Waals surface area contributed by atoms with Crippen LogP contribution in [0.2, 0.25) is 0 Å². The number of carbonyl (C=O) groups is 1. The van der Waals surface area contributed by atoms with E-state index in [0.29, 0.717) is 0 Å². The third-order valence-electron chi connectivity index (χ3n) is 4.32. The highest BCUT2D eigenvalue weighted by Gasteiger charge is 2.43. The van der Waals surface area contributed by atoms with Crippen molar-refractivity contribution in [2.75, 3.05) is 11.4 Å². The van der Waals surface area contributed by atoms with E-state index in [1.165, 1.54) is 19.3 Å². The SMILES string of the molecule is O=C1NC2(CCCCC2)CN1c1ccc(CO)cc1. The molecule has 1 saturated heterocycles. The second-order valence-corrected chi connectivity index (χ2v) is 5.68. The van der Waals surface area contributed by atoms with Crippen LogP contribution in [0.25, 0.3) is 0 Å². The third-order valence-corrected chi connectivity index (χ3v) is 4.32. The van der Waals surface area contributed by atoms with Gasteiger partial charge in [-0.25, -0.2) is 4.79 Å². The first kappa shape index (κ1) is 12.5. The van der Waals surface area contributed by atoms with Crippen molar-refractivity contribution in [1.29, 1.82) is 0 Å². The summed E-state index contributed by atoms with van der Waals surface area (Å²) in [5, 5.41) is 12.2. The Labute approximate surface area is 113 Å². The molecule has 2 aliphatic rings. The molecule has 1 spiro atoms. The number of hydrogen-bond donors (Lipinski definition) is 2. The molecule has 19 heavy (non-hydrogen) atoms. The summed E-state index contributed by atoms with van der Waals surface area (Å²) in [5.74, 6) is 0. The van der Waals surface area contributed by atoms with Crippen molar-refractivity contribution in [3.63, 3.8) is 0 Å². The summed E-state index contributed by atoms with van der Waals surface area (Å²) >= 11 is 0. The van der Waals surface area contributed by atoms with Crippen molar-refractivity contribution in [2.45, 2.75) is 44.2 Å². The highest BCUT2D eigenvalue weighted by molar-refractivity contribution is 5.95. The van der Waals surface area contributed by atoms with Crippen molar-refractivity contribution in [3.05, 3.63) is 29.8 Å². The normalized spacial score (nSPS) is 21.7. The van der Waals surface area contributed by atoms with Crippen LogP contribution in [-0.4, -0.2) is 23.2 Å². The molecule has 1 aromatic carbocycles. The largest absolute Gasteiger partial charge is 0.392 e. The second-order valence-electron chi connectivity index (χ2n) is 5.68. The molecule has 4 heteroatoms. The number of hydrogen-bond acceptors (Lipinski definition) is 2. The van der Waals surface area contributed by atoms with E-state index in [1.807, 2.05) is 29.2 Å². The summed E-state index contributed by atoms with van der Waals surface area (Å²) in [4.78, 5) is 14.0. The van der Waals surface area contributed by atoms with E-state index in [9.17, 15) is 4.79 Å². The molecule has 0 atom stereocenters. The number of aliphatic hydroxyl groups excluding tert-OH is 1. The minimum absolute atomic E-state index is 0.00895. The van der Waals surface area contributed by atoms with Crippen LogP contribution >= 0.6 is 0 Å². The van der Waals surface area contributed by atoms with E-state index in [4.69, 9.17) is 5.11 Å². The Morgan fingerprint density at radius 1 is 1.16 bits per heavy atom. The number of anilines is 1. The van der Waals surface area contributed by atoms with E-state index in [0.717, 1.165) is 30.6 Å². The number of urea groups is 1. The summed E-state index contributed by atoms with van der Waals surface area (Å²) in [7, 11) is 0. The molecule has 1 heterocycles. The highest BCUT2D eigenvalue weighted by atomic mass is 16.3. The molecule has 1 aromatic rings. The molecule has 0 aromatic heterocycles. The molecule has 3 rings (SSSR count). The van der Waals surface area contributed by atoms with Crippen molar-refractivity contribution in [1.82, 2.24) is 5.32 Å². The van der Waals surface area contributed by atoms with Crippen molar-refractivity contribution < 1.29 is 9.90 Å². The van der Waals surface area contributed by atoms with E-state index in [-0.39, 0.29) is 18.2 Å². The molecular formula is C15H20N2O2. The van der Waals surface area contributed by atoms with Crippen LogP contribution in [-0.2, 0) is 6.61 Å². The van der Waals surface area contributed by atoms with Gasteiger partial charge in [0.15, 0.2) is 0 Å². The summed E-state index contributed by atoms with van der Waals surface area (Å²) in [6.07, 6.45) is 5.87. The van der Waals surface area contributed by atoms with Crippen LogP contribution in [0, 0.1) is 0 Å². The van der Waals surface area contributed by atoms with Gasteiger partial charge in [-0.05, 0) is 30.5 Å².